The van der Waals surface area contributed by atoms with E-state index in [9.17, 15) is 0 Å². The number of para-hydroxylation sites is 3. The monoisotopic (exact) mass is 1470 g/mol. The molecule has 2 nitrogen and oxygen atoms in total. The minimum Gasteiger partial charge on any atom is -0.435 e. The first kappa shape index (κ1) is 63.4. The Bertz CT molecular complexity index is 1990. The number of hydrogen-bond acceptors (Lipinski definition) is 2. The van der Waals surface area contributed by atoms with Gasteiger partial charge in [0, 0.05) is 338 Å². The van der Waals surface area contributed by atoms with Gasteiger partial charge < -0.3 is 45.6 Å². The average Bonchev–Trinajstić information content (AvgIpc) is 3.13. The van der Waals surface area contributed by atoms with Crippen LogP contribution in [0.15, 0.2) is 133 Å². The second-order valence-corrected chi connectivity index (χ2v) is 11.4. The summed E-state index contributed by atoms with van der Waals surface area (Å²) in [6.07, 6.45) is 0. The number of hydrogen-bond donors (Lipinski definition) is 0. The summed E-state index contributed by atoms with van der Waals surface area (Å²) in [6, 6.07) is 73.6. The molecule has 2 aliphatic rings. The number of anilines is 6. The minimum atomic E-state index is -0.102. The second-order valence-electron chi connectivity index (χ2n) is 11.4. The molecule has 56 heavy (non-hydrogen) atoms. The van der Waals surface area contributed by atoms with Gasteiger partial charge >= 0.3 is 0 Å². The van der Waals surface area contributed by atoms with Gasteiger partial charge in [0.05, 0.1) is 0 Å². The van der Waals surface area contributed by atoms with E-state index in [1.807, 2.05) is 60.7 Å². The van der Waals surface area contributed by atoms with E-state index in [1.165, 1.54) is 10.9 Å². The van der Waals surface area contributed by atoms with Crippen molar-refractivity contribution >= 4 is 80.3 Å². The van der Waals surface area contributed by atoms with E-state index in [4.69, 9.17) is 0 Å². The molecule has 0 spiro atoms. The zero-order valence-electron chi connectivity index (χ0n) is 30.5. The Hall–Kier alpha value is 5.31. The fourth-order valence-corrected chi connectivity index (χ4v) is 7.00. The zero-order chi connectivity index (χ0) is 30.5. The van der Waals surface area contributed by atoms with Crippen LogP contribution in [0.3, 0.4) is 0 Å². The topological polar surface area (TPSA) is 6.48 Å². The summed E-state index contributed by atoms with van der Waals surface area (Å²) < 4.78 is 0. The van der Waals surface area contributed by atoms with Crippen LogP contribution in [-0.4, -0.2) is 13.4 Å². The summed E-state index contributed by atoms with van der Waals surface area (Å²) in [6.45, 7) is -0.103. The van der Waals surface area contributed by atoms with Crippen LogP contribution >= 0.6 is 0 Å². The van der Waals surface area contributed by atoms with Crippen LogP contribution in [0, 0.1) is 48.5 Å². The number of benzene rings is 7. The number of nitrogens with zero attached hydrogens (tertiary/aromatic N) is 2. The number of rotatable bonds is 4. The van der Waals surface area contributed by atoms with E-state index in [1.54, 1.807) is 0 Å². The van der Waals surface area contributed by atoms with Gasteiger partial charge in [-0.1, -0.05) is 53.0 Å². The van der Waals surface area contributed by atoms with Gasteiger partial charge in [0.25, 0.3) is 0 Å². The first-order valence-corrected chi connectivity index (χ1v) is 15.4. The molecule has 0 atom stereocenters. The SMILES string of the molecule is [Y].[Y].[Y].[Y].[Y].[Y].[Y].[Y].[Y].[Y].[c-]1ccccc1B1c2[c-]cc[c-]c2N(c2[c-]c[c-]c(B3c4[c-]cc[c-]c4N(c4[c-]cccc4)c4ccccc43)c2)c2ccccc21. The van der Waals surface area contributed by atoms with Gasteiger partial charge in [0.1, 0.15) is 13.4 Å². The largest absolute Gasteiger partial charge is 0.435 e. The predicted octanol–water partition coefficient (Wildman–Crippen LogP) is 4.66. The van der Waals surface area contributed by atoms with E-state index in [0.29, 0.717) is 0 Å². The van der Waals surface area contributed by atoms with Crippen LogP contribution in [0.25, 0.3) is 0 Å². The molecule has 0 bridgehead atoms. The van der Waals surface area contributed by atoms with Crippen molar-refractivity contribution in [3.05, 3.63) is 182 Å². The Morgan fingerprint density at radius 2 is 0.821 bits per heavy atom. The van der Waals surface area contributed by atoms with E-state index in [-0.39, 0.29) is 341 Å². The maximum absolute atomic E-state index is 3.59. The molecule has 2 aliphatic heterocycles. The Morgan fingerprint density at radius 3 is 1.34 bits per heavy atom. The zero-order valence-corrected chi connectivity index (χ0v) is 58.9. The summed E-state index contributed by atoms with van der Waals surface area (Å²) in [5, 5.41) is 0. The van der Waals surface area contributed by atoms with Gasteiger partial charge in [-0.15, -0.1) is 6.07 Å². The van der Waals surface area contributed by atoms with E-state index in [2.05, 4.69) is 131 Å². The Kier molecular flexibility index (Phi) is 34.6. The van der Waals surface area contributed by atoms with E-state index < -0.39 is 0 Å². The molecule has 7 aromatic carbocycles. The van der Waals surface area contributed by atoms with Crippen molar-refractivity contribution in [3.63, 3.8) is 0 Å². The van der Waals surface area contributed by atoms with Gasteiger partial charge in [-0.25, -0.2) is 5.69 Å². The molecule has 0 N–H and O–H groups in total. The van der Waals surface area contributed by atoms with Crippen LogP contribution in [0.2, 0.25) is 0 Å². The third kappa shape index (κ3) is 13.3. The van der Waals surface area contributed by atoms with Crippen molar-refractivity contribution in [3.8, 4) is 0 Å². The second kappa shape index (κ2) is 30.6. The molecular formula is C42H22B2N2Y10-8. The molecule has 14 heteroatoms. The van der Waals surface area contributed by atoms with Crippen LogP contribution in [0.4, 0.5) is 34.1 Å². The standard InChI is InChI=1S/C42H22B2N2.10Y/c1-3-16-31(17-4-1)43-35-22-7-13-28-41(35)46(42-29-14-8-23-36(42)43)34-21-15-18-32(30-34)44-37-24-9-11-26-39(37)45(33-19-5-2-6-20-33)40-27-12-10-25-38(40)44;;;;;;;;;;/h1-16,19,22,24,26,28,30H;;;;;;;;;;/q-8;;;;;;;;;;. The molecule has 9 rings (SSSR count). The fourth-order valence-electron chi connectivity index (χ4n) is 7.00. The molecule has 10 radical (unpaired) electrons. The summed E-state index contributed by atoms with van der Waals surface area (Å²) in [7, 11) is 0. The maximum Gasteiger partial charge on any atom is 0.128 e. The Balaban J connectivity index is 0. The van der Waals surface area contributed by atoms with Crippen molar-refractivity contribution in [1.29, 1.82) is 0 Å². The molecule has 2 heterocycles. The van der Waals surface area contributed by atoms with Crippen LogP contribution in [-0.2, 0) is 327 Å². The number of fused-ring (bicyclic) bond motifs is 4. The van der Waals surface area contributed by atoms with Crippen molar-refractivity contribution < 1.29 is 327 Å². The molecule has 0 saturated carbocycles. The molecular weight excluding hydrogens is 1440 g/mol. The first-order valence-electron chi connectivity index (χ1n) is 15.4. The summed E-state index contributed by atoms with van der Waals surface area (Å²) in [5.41, 5.74) is 12.6. The van der Waals surface area contributed by atoms with Crippen molar-refractivity contribution in [1.82, 2.24) is 0 Å². The van der Waals surface area contributed by atoms with Crippen LogP contribution in [0.1, 0.15) is 0 Å². The minimum absolute atomic E-state index is 0. The molecule has 244 valence electrons. The van der Waals surface area contributed by atoms with Crippen molar-refractivity contribution in [2.75, 3.05) is 9.80 Å². The van der Waals surface area contributed by atoms with Gasteiger partial charge in [0.15, 0.2) is 0 Å². The van der Waals surface area contributed by atoms with Gasteiger partial charge in [0.2, 0.25) is 0 Å². The van der Waals surface area contributed by atoms with E-state index in [0.717, 1.165) is 56.0 Å². The molecule has 0 saturated heterocycles. The van der Waals surface area contributed by atoms with Crippen LogP contribution in [0.5, 0.6) is 0 Å². The summed E-state index contributed by atoms with van der Waals surface area (Å²) in [4.78, 5) is 4.50. The fraction of sp³-hybridized carbons (Fsp3) is 0. The molecule has 0 unspecified atom stereocenters. The van der Waals surface area contributed by atoms with Crippen LogP contribution < -0.4 is 42.6 Å². The van der Waals surface area contributed by atoms with Gasteiger partial charge in [-0.3, -0.25) is 53.4 Å². The third-order valence-corrected chi connectivity index (χ3v) is 8.88. The molecule has 0 amide bonds. The van der Waals surface area contributed by atoms with Gasteiger partial charge in [-0.05, 0) is 12.1 Å². The van der Waals surface area contributed by atoms with Gasteiger partial charge in [-0.2, -0.15) is 71.4 Å². The summed E-state index contributed by atoms with van der Waals surface area (Å²) in [5.74, 6) is 0. The van der Waals surface area contributed by atoms with Crippen molar-refractivity contribution in [2.24, 2.45) is 0 Å². The maximum atomic E-state index is 3.59. The van der Waals surface area contributed by atoms with Crippen molar-refractivity contribution in [2.45, 2.75) is 0 Å². The molecule has 0 aliphatic carbocycles. The van der Waals surface area contributed by atoms with E-state index >= 15 is 0 Å². The first-order chi connectivity index (χ1) is 22.9. The predicted molar refractivity (Wildman–Crippen MR) is 189 cm³/mol. The Labute approximate surface area is 585 Å². The molecule has 0 aromatic heterocycles. The Morgan fingerprint density at radius 1 is 0.357 bits per heavy atom. The summed E-state index contributed by atoms with van der Waals surface area (Å²) >= 11 is 0. The quantitative estimate of drug-likeness (QED) is 0.187. The molecule has 0 fully saturated rings. The third-order valence-electron chi connectivity index (χ3n) is 8.88. The average molecular weight is 1470 g/mol. The normalized spacial score (nSPS) is 10.7. The molecule has 7 aromatic rings. The smallest absolute Gasteiger partial charge is 0.128 e.